The molecule has 0 aromatic heterocycles. The van der Waals surface area contributed by atoms with Crippen molar-refractivity contribution >= 4 is 11.6 Å². The minimum atomic E-state index is 0.257. The van der Waals surface area contributed by atoms with Crippen LogP contribution in [0.4, 0.5) is 0 Å². The van der Waals surface area contributed by atoms with E-state index in [-0.39, 0.29) is 6.04 Å². The van der Waals surface area contributed by atoms with Gasteiger partial charge in [0.15, 0.2) is 0 Å². The van der Waals surface area contributed by atoms with Gasteiger partial charge in [0.05, 0.1) is 6.04 Å². The van der Waals surface area contributed by atoms with Gasteiger partial charge in [0.25, 0.3) is 0 Å². The van der Waals surface area contributed by atoms with Crippen LogP contribution in [-0.4, -0.2) is 19.6 Å². The molecule has 0 radical (unpaired) electrons. The predicted octanol–water partition coefficient (Wildman–Crippen LogP) is 1.95. The molecule has 86 valence electrons. The van der Waals surface area contributed by atoms with Crippen LogP contribution in [0.2, 0.25) is 0 Å². The third kappa shape index (κ3) is 1.49. The number of benzene rings is 1. The average molecular weight is 224 g/mol. The maximum atomic E-state index is 5.79. The molecule has 0 spiro atoms. The maximum Gasteiger partial charge on any atom is 0.0555 e. The Bertz CT molecular complexity index is 550. The van der Waals surface area contributed by atoms with Crippen LogP contribution in [0.3, 0.4) is 0 Å². The van der Waals surface area contributed by atoms with E-state index in [9.17, 15) is 0 Å². The Kier molecular flexibility index (Phi) is 2.46. The number of rotatable bonds is 2. The molecular formula is C15H16N2. The Hall–Kier alpha value is -1.64. The summed E-state index contributed by atoms with van der Waals surface area (Å²) in [6.45, 7) is 0.600. The lowest BCUT2D eigenvalue weighted by Crippen LogP contribution is -2.33. The van der Waals surface area contributed by atoms with Crippen molar-refractivity contribution in [2.45, 2.75) is 6.04 Å². The highest BCUT2D eigenvalue weighted by atomic mass is 14.9. The van der Waals surface area contributed by atoms with Gasteiger partial charge in [0.1, 0.15) is 0 Å². The first kappa shape index (κ1) is 10.5. The number of nitrogens with two attached hydrogens (primary N) is 1. The van der Waals surface area contributed by atoms with E-state index in [0.29, 0.717) is 6.54 Å². The first-order chi connectivity index (χ1) is 8.35. The van der Waals surface area contributed by atoms with E-state index >= 15 is 0 Å². The van der Waals surface area contributed by atoms with Crippen LogP contribution in [0.1, 0.15) is 11.1 Å². The topological polar surface area (TPSA) is 38.0 Å². The van der Waals surface area contributed by atoms with E-state index in [4.69, 9.17) is 5.73 Å². The summed E-state index contributed by atoms with van der Waals surface area (Å²) in [5, 5.41) is 3.35. The summed E-state index contributed by atoms with van der Waals surface area (Å²) < 4.78 is 0. The molecule has 1 unspecified atom stereocenters. The Morgan fingerprint density at radius 2 is 2.06 bits per heavy atom. The maximum absolute atomic E-state index is 5.79. The lowest BCUT2D eigenvalue weighted by Gasteiger charge is -2.25. The Balaban J connectivity index is 2.13. The minimum Gasteiger partial charge on any atom is -0.327 e. The second-order valence-corrected chi connectivity index (χ2v) is 4.43. The zero-order valence-corrected chi connectivity index (χ0v) is 9.90. The fraction of sp³-hybridized carbons (Fsp3) is 0.200. The van der Waals surface area contributed by atoms with Crippen LogP contribution in [0.15, 0.2) is 47.6 Å². The van der Waals surface area contributed by atoms with E-state index in [0.717, 1.165) is 0 Å². The van der Waals surface area contributed by atoms with Gasteiger partial charge in [0.2, 0.25) is 0 Å². The molecule has 0 aliphatic heterocycles. The van der Waals surface area contributed by atoms with Gasteiger partial charge >= 0.3 is 0 Å². The molecule has 0 amide bonds. The van der Waals surface area contributed by atoms with Crippen molar-refractivity contribution in [3.63, 3.8) is 0 Å². The Labute approximate surface area is 102 Å². The second kappa shape index (κ2) is 3.99. The van der Waals surface area contributed by atoms with E-state index in [1.54, 1.807) is 0 Å². The van der Waals surface area contributed by atoms with Gasteiger partial charge in [-0.25, -0.2) is 0 Å². The molecule has 1 aromatic rings. The van der Waals surface area contributed by atoms with Crippen LogP contribution >= 0.6 is 0 Å². The van der Waals surface area contributed by atoms with Crippen LogP contribution in [0, 0.1) is 0 Å². The van der Waals surface area contributed by atoms with Crippen molar-refractivity contribution in [3.05, 3.63) is 58.7 Å². The molecule has 2 nitrogen and oxygen atoms in total. The quantitative estimate of drug-likeness (QED) is 0.806. The number of hydrogen-bond donors (Lipinski definition) is 2. The molecule has 0 fully saturated rings. The third-order valence-electron chi connectivity index (χ3n) is 3.54. The van der Waals surface area contributed by atoms with Gasteiger partial charge in [0, 0.05) is 6.54 Å². The molecule has 3 rings (SSSR count). The molecule has 0 saturated carbocycles. The van der Waals surface area contributed by atoms with Crippen LogP contribution in [0.5, 0.6) is 0 Å². The Morgan fingerprint density at radius 1 is 1.24 bits per heavy atom. The summed E-state index contributed by atoms with van der Waals surface area (Å²) >= 11 is 0. The number of fused-ring (bicyclic) bond motifs is 3. The highest BCUT2D eigenvalue weighted by Gasteiger charge is 2.28. The molecule has 0 bridgehead atoms. The highest BCUT2D eigenvalue weighted by molar-refractivity contribution is 5.97. The van der Waals surface area contributed by atoms with Gasteiger partial charge in [-0.1, -0.05) is 36.4 Å². The van der Waals surface area contributed by atoms with Crippen molar-refractivity contribution in [1.82, 2.24) is 5.32 Å². The first-order valence-corrected chi connectivity index (χ1v) is 5.94. The highest BCUT2D eigenvalue weighted by Crippen LogP contribution is 2.40. The van der Waals surface area contributed by atoms with Gasteiger partial charge in [-0.2, -0.15) is 0 Å². The van der Waals surface area contributed by atoms with Crippen molar-refractivity contribution in [2.75, 3.05) is 13.6 Å². The van der Waals surface area contributed by atoms with Crippen LogP contribution < -0.4 is 11.1 Å². The van der Waals surface area contributed by atoms with E-state index < -0.39 is 0 Å². The molecule has 0 heterocycles. The molecular weight excluding hydrogens is 208 g/mol. The third-order valence-corrected chi connectivity index (χ3v) is 3.54. The van der Waals surface area contributed by atoms with Gasteiger partial charge in [-0.05, 0) is 41.0 Å². The summed E-state index contributed by atoms with van der Waals surface area (Å²) in [6.07, 6.45) is 6.61. The fourth-order valence-electron chi connectivity index (χ4n) is 2.71. The van der Waals surface area contributed by atoms with Crippen LogP contribution in [0.25, 0.3) is 11.6 Å². The zero-order chi connectivity index (χ0) is 11.8. The molecule has 2 aliphatic carbocycles. The van der Waals surface area contributed by atoms with Crippen molar-refractivity contribution in [1.29, 1.82) is 0 Å². The summed E-state index contributed by atoms with van der Waals surface area (Å²) in [5.74, 6) is 0. The lowest BCUT2D eigenvalue weighted by molar-refractivity contribution is 0.718. The normalized spacial score (nSPS) is 21.3. The monoisotopic (exact) mass is 224 g/mol. The van der Waals surface area contributed by atoms with Gasteiger partial charge in [-0.15, -0.1) is 0 Å². The van der Waals surface area contributed by atoms with E-state index in [2.05, 4.69) is 47.8 Å². The molecule has 0 saturated heterocycles. The molecule has 2 heteroatoms. The van der Waals surface area contributed by atoms with E-state index in [1.807, 2.05) is 7.05 Å². The zero-order valence-electron chi connectivity index (χ0n) is 9.90. The average Bonchev–Trinajstić information content (AvgIpc) is 2.75. The van der Waals surface area contributed by atoms with E-state index in [1.165, 1.54) is 27.8 Å². The van der Waals surface area contributed by atoms with Crippen molar-refractivity contribution in [3.8, 4) is 0 Å². The standard InChI is InChI=1S/C15H16N2/c1-17-15-11(9-16)6-7-13-12-5-3-2-4-10(12)8-14(13)15/h2-8,15,17H,9,16H2,1H3. The van der Waals surface area contributed by atoms with Gasteiger partial charge in [-0.3, -0.25) is 0 Å². The summed E-state index contributed by atoms with van der Waals surface area (Å²) in [7, 11) is 1.99. The van der Waals surface area contributed by atoms with Crippen molar-refractivity contribution in [2.24, 2.45) is 5.73 Å². The Morgan fingerprint density at radius 3 is 2.82 bits per heavy atom. The number of likely N-dealkylation sites (N-methyl/N-ethyl adjacent to an activating group) is 1. The SMILES string of the molecule is CNC1C(CN)=CC=C2C1=Cc1ccccc12. The first-order valence-electron chi connectivity index (χ1n) is 5.94. The molecule has 3 N–H and O–H groups in total. The lowest BCUT2D eigenvalue weighted by atomic mass is 9.88. The number of nitrogens with one attached hydrogen (secondary N) is 1. The van der Waals surface area contributed by atoms with Gasteiger partial charge < -0.3 is 11.1 Å². The predicted molar refractivity (Wildman–Crippen MR) is 72.4 cm³/mol. The molecule has 1 atom stereocenters. The number of allylic oxidation sites excluding steroid dienone is 2. The molecule has 17 heavy (non-hydrogen) atoms. The molecule has 2 aliphatic rings. The minimum absolute atomic E-state index is 0.257. The summed E-state index contributed by atoms with van der Waals surface area (Å²) in [5.41, 5.74) is 12.3. The summed E-state index contributed by atoms with van der Waals surface area (Å²) in [6, 6.07) is 8.77. The molecule has 1 aromatic carbocycles. The van der Waals surface area contributed by atoms with Crippen LogP contribution in [-0.2, 0) is 0 Å². The summed E-state index contributed by atoms with van der Waals surface area (Å²) in [4.78, 5) is 0. The smallest absolute Gasteiger partial charge is 0.0555 e. The largest absolute Gasteiger partial charge is 0.327 e. The fourth-order valence-corrected chi connectivity index (χ4v) is 2.71. The number of hydrogen-bond acceptors (Lipinski definition) is 2. The van der Waals surface area contributed by atoms with Crippen molar-refractivity contribution < 1.29 is 0 Å². The second-order valence-electron chi connectivity index (χ2n) is 4.43.